The van der Waals surface area contributed by atoms with Crippen LogP contribution >= 0.6 is 0 Å². The molecular formula is C26H33N5O4S. The van der Waals surface area contributed by atoms with Crippen molar-refractivity contribution in [2.45, 2.75) is 57.5 Å². The Hall–Kier alpha value is -2.85. The van der Waals surface area contributed by atoms with E-state index in [1.54, 1.807) is 10.7 Å². The van der Waals surface area contributed by atoms with Crippen LogP contribution < -0.4 is 9.62 Å². The van der Waals surface area contributed by atoms with Gasteiger partial charge in [-0.05, 0) is 80.2 Å². The number of piperidine rings is 1. The number of rotatable bonds is 7. The monoisotopic (exact) mass is 511 g/mol. The number of sulfonamides is 1. The highest BCUT2D eigenvalue weighted by atomic mass is 32.2. The number of aromatic nitrogens is 3. The molecule has 9 nitrogen and oxygen atoms in total. The first-order chi connectivity index (χ1) is 17.3. The quantitative estimate of drug-likeness (QED) is 0.480. The first-order valence-corrected chi connectivity index (χ1v) is 14.8. The second kappa shape index (κ2) is 8.92. The van der Waals surface area contributed by atoms with Gasteiger partial charge in [-0.25, -0.2) is 13.1 Å². The number of aliphatic hydroxyl groups excluding tert-OH is 1. The van der Waals surface area contributed by atoms with Gasteiger partial charge in [0.1, 0.15) is 17.6 Å². The van der Waals surface area contributed by atoms with E-state index in [2.05, 4.69) is 19.9 Å². The van der Waals surface area contributed by atoms with Crippen LogP contribution in [0, 0.1) is 11.3 Å². The van der Waals surface area contributed by atoms with Gasteiger partial charge in [-0.15, -0.1) is 5.10 Å². The van der Waals surface area contributed by atoms with Crippen LogP contribution in [0.15, 0.2) is 40.9 Å². The minimum absolute atomic E-state index is 0.251. The third-order valence-electron chi connectivity index (χ3n) is 8.16. The minimum Gasteiger partial charge on any atom is -0.457 e. The van der Waals surface area contributed by atoms with Crippen LogP contribution in [0.5, 0.6) is 0 Å². The summed E-state index contributed by atoms with van der Waals surface area (Å²) in [5.74, 6) is 1.39. The summed E-state index contributed by atoms with van der Waals surface area (Å²) in [6.45, 7) is 1.86. The van der Waals surface area contributed by atoms with Crippen molar-refractivity contribution in [2.24, 2.45) is 11.3 Å². The fraction of sp³-hybridized carbons (Fsp3) is 0.538. The number of hydrogen-bond acceptors (Lipinski definition) is 7. The van der Waals surface area contributed by atoms with Crippen LogP contribution in [-0.4, -0.2) is 47.9 Å². The maximum absolute atomic E-state index is 11.9. The Morgan fingerprint density at radius 2 is 1.83 bits per heavy atom. The number of nitrogens with zero attached hydrogens (tertiary/aromatic N) is 4. The van der Waals surface area contributed by atoms with Gasteiger partial charge in [0.2, 0.25) is 10.0 Å². The summed E-state index contributed by atoms with van der Waals surface area (Å²) in [6.07, 6.45) is 11.7. The van der Waals surface area contributed by atoms with E-state index in [0.29, 0.717) is 28.3 Å². The molecule has 3 heterocycles. The number of nitrogens with one attached hydrogen (secondary N) is 1. The topological polar surface area (TPSA) is 113 Å². The number of aliphatic hydroxyl groups is 1. The van der Waals surface area contributed by atoms with E-state index in [1.807, 2.05) is 30.5 Å². The lowest BCUT2D eigenvalue weighted by Gasteiger charge is -2.35. The van der Waals surface area contributed by atoms with E-state index >= 15 is 0 Å². The Morgan fingerprint density at radius 3 is 2.53 bits per heavy atom. The molecule has 0 bridgehead atoms. The highest BCUT2D eigenvalue weighted by Crippen LogP contribution is 2.54. The molecule has 0 amide bonds. The molecule has 2 saturated carbocycles. The summed E-state index contributed by atoms with van der Waals surface area (Å²) in [5, 5.41) is 19.4. The molecule has 3 aromatic rings. The zero-order chi connectivity index (χ0) is 24.9. The lowest BCUT2D eigenvalue weighted by molar-refractivity contribution is 0.0894. The number of hydrogen-bond donors (Lipinski definition) is 2. The van der Waals surface area contributed by atoms with Gasteiger partial charge >= 0.3 is 0 Å². The molecule has 10 heteroatoms. The van der Waals surface area contributed by atoms with E-state index in [4.69, 9.17) is 4.42 Å². The molecule has 192 valence electrons. The van der Waals surface area contributed by atoms with E-state index in [-0.39, 0.29) is 5.92 Å². The molecule has 2 aliphatic carbocycles. The Bertz CT molecular complexity index is 1340. The number of furan rings is 1. The molecule has 1 saturated heterocycles. The third-order valence-corrected chi connectivity index (χ3v) is 8.76. The highest BCUT2D eigenvalue weighted by Gasteiger charge is 2.44. The van der Waals surface area contributed by atoms with Crippen LogP contribution in [0.1, 0.15) is 63.2 Å². The van der Waals surface area contributed by atoms with Crippen molar-refractivity contribution in [3.63, 3.8) is 0 Å². The Kier molecular flexibility index (Phi) is 5.83. The van der Waals surface area contributed by atoms with E-state index < -0.39 is 16.1 Å². The van der Waals surface area contributed by atoms with Gasteiger partial charge in [0.15, 0.2) is 5.76 Å². The van der Waals surface area contributed by atoms with Crippen molar-refractivity contribution in [1.82, 2.24) is 15.0 Å². The lowest BCUT2D eigenvalue weighted by Crippen LogP contribution is -2.35. The molecule has 1 aromatic carbocycles. The summed E-state index contributed by atoms with van der Waals surface area (Å²) < 4.78 is 34.0. The highest BCUT2D eigenvalue weighted by molar-refractivity contribution is 7.92. The van der Waals surface area contributed by atoms with Crippen molar-refractivity contribution in [1.29, 1.82) is 0 Å². The molecule has 1 unspecified atom stereocenters. The SMILES string of the molecule is CS(=O)(=O)Nc1ccc(-n2cc(-c3ccc(C(O)C4CCCC4)o3)nn2)c(N2CCC3(CC2)CC3)c1. The second-order valence-corrected chi connectivity index (χ2v) is 12.6. The second-order valence-electron chi connectivity index (χ2n) is 10.8. The summed E-state index contributed by atoms with van der Waals surface area (Å²) >= 11 is 0. The first kappa shape index (κ1) is 23.5. The maximum Gasteiger partial charge on any atom is 0.229 e. The number of anilines is 2. The van der Waals surface area contributed by atoms with Crippen LogP contribution in [0.2, 0.25) is 0 Å². The van der Waals surface area contributed by atoms with Crippen molar-refractivity contribution in [3.8, 4) is 17.1 Å². The zero-order valence-electron chi connectivity index (χ0n) is 20.6. The van der Waals surface area contributed by atoms with Crippen LogP contribution in [-0.2, 0) is 10.0 Å². The van der Waals surface area contributed by atoms with Crippen molar-refractivity contribution in [3.05, 3.63) is 42.3 Å². The average molecular weight is 512 g/mol. The van der Waals surface area contributed by atoms with Crippen molar-refractivity contribution < 1.29 is 17.9 Å². The molecule has 1 aliphatic heterocycles. The lowest BCUT2D eigenvalue weighted by atomic mass is 9.93. The predicted octanol–water partition coefficient (Wildman–Crippen LogP) is 4.50. The van der Waals surface area contributed by atoms with E-state index in [0.717, 1.165) is 69.2 Å². The summed E-state index contributed by atoms with van der Waals surface area (Å²) in [6, 6.07) is 9.17. The molecule has 6 rings (SSSR count). The Labute approximate surface area is 211 Å². The normalized spacial score (nSPS) is 20.7. The largest absolute Gasteiger partial charge is 0.457 e. The van der Waals surface area contributed by atoms with Crippen molar-refractivity contribution in [2.75, 3.05) is 29.0 Å². The van der Waals surface area contributed by atoms with Crippen LogP contribution in [0.4, 0.5) is 11.4 Å². The molecular weight excluding hydrogens is 478 g/mol. The molecule has 2 N–H and O–H groups in total. The van der Waals surface area contributed by atoms with E-state index in [1.165, 1.54) is 12.8 Å². The Morgan fingerprint density at radius 1 is 1.08 bits per heavy atom. The van der Waals surface area contributed by atoms with E-state index in [9.17, 15) is 13.5 Å². The van der Waals surface area contributed by atoms with Gasteiger partial charge in [0.25, 0.3) is 0 Å². The van der Waals surface area contributed by atoms with Crippen LogP contribution in [0.25, 0.3) is 17.1 Å². The zero-order valence-corrected chi connectivity index (χ0v) is 21.4. The van der Waals surface area contributed by atoms with Crippen molar-refractivity contribution >= 4 is 21.4 Å². The predicted molar refractivity (Wildman–Crippen MR) is 138 cm³/mol. The summed E-state index contributed by atoms with van der Waals surface area (Å²) in [4.78, 5) is 2.32. The Balaban J connectivity index is 1.28. The fourth-order valence-electron chi connectivity index (χ4n) is 5.80. The van der Waals surface area contributed by atoms with Gasteiger partial charge in [0, 0.05) is 13.1 Å². The maximum atomic E-state index is 11.9. The molecule has 1 atom stereocenters. The fourth-order valence-corrected chi connectivity index (χ4v) is 6.35. The van der Waals surface area contributed by atoms with Gasteiger partial charge in [0.05, 0.1) is 29.5 Å². The van der Waals surface area contributed by atoms with Gasteiger partial charge in [-0.3, -0.25) is 4.72 Å². The molecule has 36 heavy (non-hydrogen) atoms. The molecule has 3 aliphatic rings. The van der Waals surface area contributed by atoms with Gasteiger partial charge < -0.3 is 14.4 Å². The molecule has 0 radical (unpaired) electrons. The average Bonchev–Trinajstić information content (AvgIpc) is 3.35. The molecule has 3 fully saturated rings. The summed E-state index contributed by atoms with van der Waals surface area (Å²) in [5.41, 5.74) is 3.39. The molecule has 2 aromatic heterocycles. The van der Waals surface area contributed by atoms with Crippen LogP contribution in [0.3, 0.4) is 0 Å². The smallest absolute Gasteiger partial charge is 0.229 e. The summed E-state index contributed by atoms with van der Waals surface area (Å²) in [7, 11) is -3.39. The van der Waals surface area contributed by atoms with Gasteiger partial charge in [-0.2, -0.15) is 0 Å². The standard InChI is InChI=1S/C26H33N5O4S/c1-36(33,34)28-19-6-7-21(22(16-19)30-14-12-26(10-11-26)13-15-30)31-17-20(27-29-31)23-8-9-24(35-23)25(32)18-4-2-3-5-18/h6-9,16-18,25,28,32H,2-5,10-15H2,1H3. The third kappa shape index (κ3) is 4.76. The molecule has 1 spiro atoms. The first-order valence-electron chi connectivity index (χ1n) is 12.9. The minimum atomic E-state index is -3.39. The number of benzene rings is 1. The van der Waals surface area contributed by atoms with Gasteiger partial charge in [-0.1, -0.05) is 18.1 Å².